The Hall–Kier alpha value is -0.810. The van der Waals surface area contributed by atoms with Crippen LogP contribution in [0.5, 0.6) is 0 Å². The third kappa shape index (κ3) is 6.66. The quantitative estimate of drug-likeness (QED) is 0.880. The zero-order valence-corrected chi connectivity index (χ0v) is 14.0. The molecule has 1 saturated heterocycles. The summed E-state index contributed by atoms with van der Waals surface area (Å²) >= 11 is 0. The molecule has 0 aromatic heterocycles. The molecule has 1 aromatic rings. The van der Waals surface area contributed by atoms with E-state index in [0.29, 0.717) is 6.42 Å². The number of benzene rings is 1. The van der Waals surface area contributed by atoms with Crippen molar-refractivity contribution in [2.75, 3.05) is 20.1 Å². The normalized spacial score (nSPS) is 17.2. The summed E-state index contributed by atoms with van der Waals surface area (Å²) in [6.07, 6.45) is 2.62. The average Bonchev–Trinajstić information content (AvgIpc) is 2.42. The topological polar surface area (TPSA) is 58.4 Å². The molecule has 3 N–H and O–H groups in total. The van der Waals surface area contributed by atoms with E-state index in [-0.39, 0.29) is 36.8 Å². The maximum Gasteiger partial charge on any atom is 0.237 e. The van der Waals surface area contributed by atoms with E-state index >= 15 is 0 Å². The van der Waals surface area contributed by atoms with Gasteiger partial charge in [-0.1, -0.05) is 30.3 Å². The number of likely N-dealkylation sites (tertiary alicyclic amines) is 1. The lowest BCUT2D eigenvalue weighted by atomic mass is 10.0. The third-order valence-corrected chi connectivity index (χ3v) is 3.70. The van der Waals surface area contributed by atoms with Crippen LogP contribution < -0.4 is 11.1 Å². The molecule has 2 rings (SSSR count). The molecule has 1 heterocycles. The standard InChI is InChI=1S/C15H23N3O.2ClH/c1-18-9-7-13(8-10-18)17-15(19)14(16)11-12-5-3-2-4-6-12;;/h2-6,13-14H,7-11,16H2,1H3,(H,17,19);2*1H/t14-;;/m0../s1. The van der Waals surface area contributed by atoms with Gasteiger partial charge in [0.25, 0.3) is 0 Å². The van der Waals surface area contributed by atoms with E-state index in [1.54, 1.807) is 0 Å². The second-order valence-corrected chi connectivity index (χ2v) is 5.38. The second-order valence-electron chi connectivity index (χ2n) is 5.38. The molecule has 0 unspecified atom stereocenters. The molecule has 1 aliphatic rings. The molecule has 6 heteroatoms. The summed E-state index contributed by atoms with van der Waals surface area (Å²) in [5.74, 6) is -0.0293. The van der Waals surface area contributed by atoms with Crippen molar-refractivity contribution in [2.24, 2.45) is 5.73 Å². The molecule has 21 heavy (non-hydrogen) atoms. The number of carbonyl (C=O) groups is 1. The van der Waals surface area contributed by atoms with Gasteiger partial charge in [-0.3, -0.25) is 4.79 Å². The summed E-state index contributed by atoms with van der Waals surface area (Å²) in [4.78, 5) is 14.3. The highest BCUT2D eigenvalue weighted by molar-refractivity contribution is 5.85. The van der Waals surface area contributed by atoms with Crippen molar-refractivity contribution in [3.8, 4) is 0 Å². The van der Waals surface area contributed by atoms with E-state index in [0.717, 1.165) is 31.5 Å². The van der Waals surface area contributed by atoms with E-state index < -0.39 is 6.04 Å². The number of nitrogens with one attached hydrogen (secondary N) is 1. The number of nitrogens with zero attached hydrogens (tertiary/aromatic N) is 1. The van der Waals surface area contributed by atoms with Gasteiger partial charge in [0.1, 0.15) is 0 Å². The Balaban J connectivity index is 0.00000200. The molecule has 120 valence electrons. The fourth-order valence-electron chi connectivity index (χ4n) is 2.42. The van der Waals surface area contributed by atoms with Gasteiger partial charge in [-0.15, -0.1) is 24.8 Å². The predicted octanol–water partition coefficient (Wildman–Crippen LogP) is 1.61. The van der Waals surface area contributed by atoms with Crippen LogP contribution in [0.3, 0.4) is 0 Å². The smallest absolute Gasteiger partial charge is 0.237 e. The van der Waals surface area contributed by atoms with Crippen LogP contribution in [0.25, 0.3) is 0 Å². The number of halogens is 2. The van der Waals surface area contributed by atoms with Crippen LogP contribution in [0, 0.1) is 0 Å². The van der Waals surface area contributed by atoms with E-state index in [1.165, 1.54) is 0 Å². The molecule has 4 nitrogen and oxygen atoms in total. The summed E-state index contributed by atoms with van der Waals surface area (Å²) in [5.41, 5.74) is 7.08. The zero-order valence-electron chi connectivity index (χ0n) is 12.3. The van der Waals surface area contributed by atoms with Gasteiger partial charge in [0.2, 0.25) is 5.91 Å². The largest absolute Gasteiger partial charge is 0.352 e. The molecule has 0 aliphatic carbocycles. The molecule has 1 amide bonds. The van der Waals surface area contributed by atoms with E-state index in [4.69, 9.17) is 5.73 Å². The second kappa shape index (κ2) is 10.0. The summed E-state index contributed by atoms with van der Waals surface area (Å²) < 4.78 is 0. The van der Waals surface area contributed by atoms with Crippen molar-refractivity contribution in [2.45, 2.75) is 31.3 Å². The van der Waals surface area contributed by atoms with Crippen LogP contribution in [0.2, 0.25) is 0 Å². The van der Waals surface area contributed by atoms with Crippen molar-refractivity contribution in [3.05, 3.63) is 35.9 Å². The van der Waals surface area contributed by atoms with Crippen molar-refractivity contribution in [1.29, 1.82) is 0 Å². The van der Waals surface area contributed by atoms with E-state index in [9.17, 15) is 4.79 Å². The first kappa shape index (κ1) is 20.2. The van der Waals surface area contributed by atoms with E-state index in [1.807, 2.05) is 30.3 Å². The van der Waals surface area contributed by atoms with Crippen molar-refractivity contribution in [1.82, 2.24) is 10.2 Å². The Kier molecular flexibility index (Phi) is 9.62. The number of rotatable bonds is 4. The Morgan fingerprint density at radius 2 is 1.86 bits per heavy atom. The SMILES string of the molecule is CN1CCC(NC(=O)[C@@H](N)Cc2ccccc2)CC1.Cl.Cl. The molecule has 1 aliphatic heterocycles. The molecule has 0 bridgehead atoms. The molecular weight excluding hydrogens is 309 g/mol. The fourth-order valence-corrected chi connectivity index (χ4v) is 2.42. The maximum absolute atomic E-state index is 12.0. The average molecular weight is 334 g/mol. The van der Waals surface area contributed by atoms with Crippen molar-refractivity contribution >= 4 is 30.7 Å². The fraction of sp³-hybridized carbons (Fsp3) is 0.533. The number of carbonyl (C=O) groups excluding carboxylic acids is 1. The summed E-state index contributed by atoms with van der Waals surface area (Å²) in [6.45, 7) is 2.08. The number of hydrogen-bond acceptors (Lipinski definition) is 3. The van der Waals surface area contributed by atoms with Gasteiger partial charge in [-0.05, 0) is 45.0 Å². The Labute approximate surface area is 139 Å². The molecule has 0 saturated carbocycles. The first-order valence-electron chi connectivity index (χ1n) is 6.93. The van der Waals surface area contributed by atoms with Crippen LogP contribution in [-0.2, 0) is 11.2 Å². The van der Waals surface area contributed by atoms with Gasteiger partial charge in [-0.25, -0.2) is 0 Å². The molecule has 0 radical (unpaired) electrons. The minimum Gasteiger partial charge on any atom is -0.352 e. The predicted molar refractivity (Wildman–Crippen MR) is 91.3 cm³/mol. The Bertz CT molecular complexity index is 409. The van der Waals surface area contributed by atoms with Crippen LogP contribution in [0.15, 0.2) is 30.3 Å². The zero-order chi connectivity index (χ0) is 13.7. The number of hydrogen-bond donors (Lipinski definition) is 2. The first-order valence-corrected chi connectivity index (χ1v) is 6.93. The number of nitrogens with two attached hydrogens (primary N) is 1. The van der Waals surface area contributed by atoms with Crippen LogP contribution in [0.1, 0.15) is 18.4 Å². The van der Waals surface area contributed by atoms with Gasteiger partial charge in [0.15, 0.2) is 0 Å². The van der Waals surface area contributed by atoms with Gasteiger partial charge < -0.3 is 16.0 Å². The van der Waals surface area contributed by atoms with Gasteiger partial charge in [-0.2, -0.15) is 0 Å². The highest BCUT2D eigenvalue weighted by atomic mass is 35.5. The summed E-state index contributed by atoms with van der Waals surface area (Å²) in [5, 5.41) is 3.07. The molecule has 0 spiro atoms. The summed E-state index contributed by atoms with van der Waals surface area (Å²) in [7, 11) is 2.11. The van der Waals surface area contributed by atoms with E-state index in [2.05, 4.69) is 17.3 Å². The minimum absolute atomic E-state index is 0. The first-order chi connectivity index (χ1) is 9.15. The third-order valence-electron chi connectivity index (χ3n) is 3.70. The van der Waals surface area contributed by atoms with Crippen molar-refractivity contribution in [3.63, 3.8) is 0 Å². The van der Waals surface area contributed by atoms with Gasteiger partial charge in [0, 0.05) is 6.04 Å². The minimum atomic E-state index is -0.456. The number of amides is 1. The Morgan fingerprint density at radius 3 is 2.43 bits per heavy atom. The summed E-state index contributed by atoms with van der Waals surface area (Å²) in [6, 6.07) is 9.74. The highest BCUT2D eigenvalue weighted by Gasteiger charge is 2.21. The van der Waals surface area contributed by atoms with Crippen LogP contribution in [0.4, 0.5) is 0 Å². The lowest BCUT2D eigenvalue weighted by molar-refractivity contribution is -0.123. The highest BCUT2D eigenvalue weighted by Crippen LogP contribution is 2.09. The van der Waals surface area contributed by atoms with Crippen molar-refractivity contribution < 1.29 is 4.79 Å². The lowest BCUT2D eigenvalue weighted by Crippen LogP contribution is -2.49. The Morgan fingerprint density at radius 1 is 1.29 bits per heavy atom. The molecule has 1 fully saturated rings. The number of piperidine rings is 1. The molecule has 1 atom stereocenters. The van der Waals surface area contributed by atoms with Gasteiger partial charge in [0.05, 0.1) is 6.04 Å². The van der Waals surface area contributed by atoms with Gasteiger partial charge >= 0.3 is 0 Å². The van der Waals surface area contributed by atoms with Crippen LogP contribution >= 0.6 is 24.8 Å². The lowest BCUT2D eigenvalue weighted by Gasteiger charge is -2.30. The molecule has 1 aromatic carbocycles. The maximum atomic E-state index is 12.0. The van der Waals surface area contributed by atoms with Crippen LogP contribution in [-0.4, -0.2) is 43.0 Å². The monoisotopic (exact) mass is 333 g/mol. The molecular formula is C15H25Cl2N3O.